The molecule has 2 aromatic rings. The molecule has 0 aliphatic heterocycles. The summed E-state index contributed by atoms with van der Waals surface area (Å²) in [5.74, 6) is 0.317. The van der Waals surface area contributed by atoms with Gasteiger partial charge >= 0.3 is 12.5 Å². The number of amides is 2. The van der Waals surface area contributed by atoms with Gasteiger partial charge in [0.15, 0.2) is 0 Å². The van der Waals surface area contributed by atoms with Crippen molar-refractivity contribution in [2.45, 2.75) is 6.54 Å². The first-order chi connectivity index (χ1) is 9.79. The van der Waals surface area contributed by atoms with Crippen LogP contribution in [0, 0.1) is 0 Å². The van der Waals surface area contributed by atoms with Crippen molar-refractivity contribution in [3.63, 3.8) is 0 Å². The highest BCUT2D eigenvalue weighted by Crippen LogP contribution is 2.07. The maximum Gasteiger partial charge on any atom is 0.356 e. The van der Waals surface area contributed by atoms with Crippen LogP contribution in [0.25, 0.3) is 0 Å². The Morgan fingerprint density at radius 2 is 2.10 bits per heavy atom. The number of nitrogens with one attached hydrogen (secondary N) is 1. The molecule has 0 aliphatic rings. The van der Waals surface area contributed by atoms with Crippen LogP contribution >= 0.6 is 0 Å². The molecular weight excluding hydrogens is 260 g/mol. The Hall–Kier alpha value is -2.96. The lowest BCUT2D eigenvalue weighted by Crippen LogP contribution is -2.34. The minimum absolute atomic E-state index is 0.135. The molecule has 0 aliphatic carbocycles. The third-order valence-corrected chi connectivity index (χ3v) is 2.38. The average Bonchev–Trinajstić information content (AvgIpc) is 2.49. The summed E-state index contributed by atoms with van der Waals surface area (Å²) in [6, 6.07) is 10.1. The molecule has 1 heterocycles. The predicted octanol–water partition coefficient (Wildman–Crippen LogP) is 1.60. The summed E-state index contributed by atoms with van der Waals surface area (Å²) in [5, 5.41) is 3.41. The number of nitrogens with zero attached hydrogens (tertiary/aromatic N) is 3. The van der Waals surface area contributed by atoms with Crippen LogP contribution in [-0.2, 0) is 16.2 Å². The highest BCUT2D eigenvalue weighted by Gasteiger charge is 2.16. The fourth-order valence-corrected chi connectivity index (χ4v) is 1.49. The molecule has 20 heavy (non-hydrogen) atoms. The maximum atomic E-state index is 12.0. The molecule has 102 valence electrons. The molecule has 2 rings (SSSR count). The molecule has 7 nitrogen and oxygen atoms in total. The number of hydrogen-bond donors (Lipinski definition) is 1. The molecule has 0 saturated carbocycles. The van der Waals surface area contributed by atoms with Crippen LogP contribution in [0.4, 0.5) is 10.6 Å². The van der Waals surface area contributed by atoms with Gasteiger partial charge in [0, 0.05) is 6.20 Å². The SMILES string of the molecule is O=CON(Cc1ccccc1)C(=O)Nc1ccncn1. The van der Waals surface area contributed by atoms with E-state index in [1.165, 1.54) is 18.6 Å². The van der Waals surface area contributed by atoms with Crippen molar-refractivity contribution in [1.82, 2.24) is 15.0 Å². The number of benzene rings is 1. The third-order valence-electron chi connectivity index (χ3n) is 2.38. The smallest absolute Gasteiger partial charge is 0.340 e. The molecule has 0 spiro atoms. The van der Waals surface area contributed by atoms with E-state index in [0.717, 1.165) is 10.6 Å². The minimum Gasteiger partial charge on any atom is -0.340 e. The molecule has 0 radical (unpaired) electrons. The zero-order chi connectivity index (χ0) is 14.2. The zero-order valence-corrected chi connectivity index (χ0v) is 10.5. The number of hydrogen-bond acceptors (Lipinski definition) is 5. The van der Waals surface area contributed by atoms with E-state index in [1.807, 2.05) is 30.3 Å². The van der Waals surface area contributed by atoms with Gasteiger partial charge in [-0.25, -0.2) is 14.8 Å². The Bertz CT molecular complexity index is 562. The van der Waals surface area contributed by atoms with E-state index in [4.69, 9.17) is 0 Å². The lowest BCUT2D eigenvalue weighted by atomic mass is 10.2. The van der Waals surface area contributed by atoms with Gasteiger partial charge in [0.25, 0.3) is 0 Å². The number of anilines is 1. The molecule has 0 saturated heterocycles. The topological polar surface area (TPSA) is 84.4 Å². The third kappa shape index (κ3) is 3.77. The maximum absolute atomic E-state index is 12.0. The standard InChI is InChI=1S/C13H12N4O3/c18-10-20-17(8-11-4-2-1-3-5-11)13(19)16-12-6-7-14-9-15-12/h1-7,9-10H,8H2,(H,14,15,16,19). The Morgan fingerprint density at radius 1 is 1.30 bits per heavy atom. The summed E-state index contributed by atoms with van der Waals surface area (Å²) >= 11 is 0. The second-order valence-corrected chi connectivity index (χ2v) is 3.75. The lowest BCUT2D eigenvalue weighted by Gasteiger charge is -2.19. The second kappa shape index (κ2) is 6.83. The van der Waals surface area contributed by atoms with Crippen molar-refractivity contribution >= 4 is 18.3 Å². The molecule has 1 aromatic heterocycles. The molecule has 7 heteroatoms. The van der Waals surface area contributed by atoms with Gasteiger partial charge in [-0.1, -0.05) is 30.3 Å². The van der Waals surface area contributed by atoms with Gasteiger partial charge in [-0.15, -0.1) is 5.06 Å². The van der Waals surface area contributed by atoms with Gasteiger partial charge < -0.3 is 4.84 Å². The Kier molecular flexibility index (Phi) is 4.60. The van der Waals surface area contributed by atoms with E-state index >= 15 is 0 Å². The molecular formula is C13H12N4O3. The highest BCUT2D eigenvalue weighted by atomic mass is 16.7. The van der Waals surface area contributed by atoms with Crippen LogP contribution in [0.3, 0.4) is 0 Å². The molecule has 0 bridgehead atoms. The van der Waals surface area contributed by atoms with Gasteiger partial charge in [0.2, 0.25) is 0 Å². The number of carbonyl (C=O) groups excluding carboxylic acids is 2. The summed E-state index contributed by atoms with van der Waals surface area (Å²) in [6.45, 7) is 0.332. The fourth-order valence-electron chi connectivity index (χ4n) is 1.49. The largest absolute Gasteiger partial charge is 0.356 e. The number of rotatable bonds is 5. The van der Waals surface area contributed by atoms with Crippen LogP contribution in [0.15, 0.2) is 48.9 Å². The summed E-state index contributed by atoms with van der Waals surface area (Å²) in [6.07, 6.45) is 2.79. The monoisotopic (exact) mass is 272 g/mol. The van der Waals surface area contributed by atoms with Gasteiger partial charge in [-0.3, -0.25) is 10.1 Å². The molecule has 1 aromatic carbocycles. The van der Waals surface area contributed by atoms with E-state index in [2.05, 4.69) is 20.1 Å². The molecule has 0 fully saturated rings. The van der Waals surface area contributed by atoms with Crippen molar-refractivity contribution in [3.8, 4) is 0 Å². The van der Waals surface area contributed by atoms with Crippen molar-refractivity contribution in [2.24, 2.45) is 0 Å². The van der Waals surface area contributed by atoms with Crippen LogP contribution in [0.2, 0.25) is 0 Å². The Labute approximate surface area is 115 Å². The van der Waals surface area contributed by atoms with E-state index in [0.29, 0.717) is 5.82 Å². The summed E-state index contributed by atoms with van der Waals surface area (Å²) < 4.78 is 0. The van der Waals surface area contributed by atoms with Gasteiger partial charge in [0.1, 0.15) is 12.1 Å². The molecule has 0 unspecified atom stereocenters. The number of carbonyl (C=O) groups is 2. The first-order valence-corrected chi connectivity index (χ1v) is 5.78. The van der Waals surface area contributed by atoms with Crippen molar-refractivity contribution in [3.05, 3.63) is 54.5 Å². The van der Waals surface area contributed by atoms with Crippen LogP contribution in [-0.4, -0.2) is 27.5 Å². The average molecular weight is 272 g/mol. The number of urea groups is 1. The van der Waals surface area contributed by atoms with E-state index in [1.54, 1.807) is 0 Å². The predicted molar refractivity (Wildman–Crippen MR) is 70.2 cm³/mol. The van der Waals surface area contributed by atoms with Gasteiger partial charge in [-0.2, -0.15) is 0 Å². The quantitative estimate of drug-likeness (QED) is 0.660. The van der Waals surface area contributed by atoms with Gasteiger partial charge in [-0.05, 0) is 11.6 Å². The molecule has 0 atom stereocenters. The normalized spacial score (nSPS) is 9.60. The minimum atomic E-state index is -0.598. The van der Waals surface area contributed by atoms with Crippen molar-refractivity contribution in [2.75, 3.05) is 5.32 Å². The highest BCUT2D eigenvalue weighted by molar-refractivity contribution is 5.87. The number of aromatic nitrogens is 2. The van der Waals surface area contributed by atoms with Gasteiger partial charge in [0.05, 0.1) is 6.54 Å². The fraction of sp³-hybridized carbons (Fsp3) is 0.0769. The lowest BCUT2D eigenvalue weighted by molar-refractivity contribution is -0.160. The van der Waals surface area contributed by atoms with E-state index in [9.17, 15) is 9.59 Å². The molecule has 1 N–H and O–H groups in total. The molecule has 2 amide bonds. The Balaban J connectivity index is 2.04. The van der Waals surface area contributed by atoms with E-state index < -0.39 is 6.03 Å². The van der Waals surface area contributed by atoms with Crippen molar-refractivity contribution in [1.29, 1.82) is 0 Å². The summed E-state index contributed by atoms with van der Waals surface area (Å²) in [7, 11) is 0. The zero-order valence-electron chi connectivity index (χ0n) is 10.5. The van der Waals surface area contributed by atoms with Crippen LogP contribution < -0.4 is 5.32 Å². The first kappa shape index (κ1) is 13.5. The number of hydroxylamine groups is 2. The Morgan fingerprint density at radius 3 is 2.75 bits per heavy atom. The first-order valence-electron chi connectivity index (χ1n) is 5.78. The van der Waals surface area contributed by atoms with Crippen molar-refractivity contribution < 1.29 is 14.4 Å². The summed E-state index contributed by atoms with van der Waals surface area (Å²) in [5.41, 5.74) is 0.826. The summed E-state index contributed by atoms with van der Waals surface area (Å²) in [4.78, 5) is 34.7. The second-order valence-electron chi connectivity index (χ2n) is 3.75. The van der Waals surface area contributed by atoms with Crippen LogP contribution in [0.5, 0.6) is 0 Å². The van der Waals surface area contributed by atoms with E-state index in [-0.39, 0.29) is 13.0 Å². The van der Waals surface area contributed by atoms with Crippen LogP contribution in [0.1, 0.15) is 5.56 Å².